The van der Waals surface area contributed by atoms with Gasteiger partial charge in [0.15, 0.2) is 0 Å². The van der Waals surface area contributed by atoms with Gasteiger partial charge >= 0.3 is 0 Å². The van der Waals surface area contributed by atoms with E-state index in [4.69, 9.17) is 11.6 Å². The first kappa shape index (κ1) is 14.4. The molecule has 0 aliphatic heterocycles. The molecule has 0 bridgehead atoms. The molecule has 0 fully saturated rings. The number of benzene rings is 1. The number of hydrogen-bond donors (Lipinski definition) is 0. The number of thiophene rings is 1. The van der Waals surface area contributed by atoms with Gasteiger partial charge in [-0.25, -0.2) is 8.78 Å². The lowest BCUT2D eigenvalue weighted by Crippen LogP contribution is -1.99. The Morgan fingerprint density at radius 3 is 2.33 bits per heavy atom. The van der Waals surface area contributed by atoms with Crippen molar-refractivity contribution < 1.29 is 8.78 Å². The van der Waals surface area contributed by atoms with Gasteiger partial charge in [0.25, 0.3) is 0 Å². The molecule has 1 aromatic heterocycles. The molecule has 0 aliphatic carbocycles. The van der Waals surface area contributed by atoms with Crippen LogP contribution in [0.2, 0.25) is 0 Å². The first-order chi connectivity index (χ1) is 8.40. The van der Waals surface area contributed by atoms with Crippen LogP contribution in [0.15, 0.2) is 25.8 Å². The highest BCUT2D eigenvalue weighted by Gasteiger charge is 2.21. The summed E-state index contributed by atoms with van der Waals surface area (Å²) in [5.41, 5.74) is 1.13. The number of halogens is 5. The zero-order valence-electron chi connectivity index (χ0n) is 9.11. The van der Waals surface area contributed by atoms with E-state index in [0.29, 0.717) is 0 Å². The third-order valence-electron chi connectivity index (χ3n) is 2.51. The summed E-state index contributed by atoms with van der Waals surface area (Å²) in [5, 5.41) is -0.725. The SMILES string of the molecule is Cc1cc(F)c(C(Cl)c2cc(Br)sc2Br)cc1F. The summed E-state index contributed by atoms with van der Waals surface area (Å²) >= 11 is 14.4. The quantitative estimate of drug-likeness (QED) is 0.512. The minimum Gasteiger partial charge on any atom is -0.207 e. The minimum absolute atomic E-state index is 0.144. The van der Waals surface area contributed by atoms with Gasteiger partial charge in [-0.2, -0.15) is 0 Å². The van der Waals surface area contributed by atoms with Crippen LogP contribution >= 0.6 is 54.8 Å². The molecule has 96 valence electrons. The molecule has 0 nitrogen and oxygen atoms in total. The maximum atomic E-state index is 13.8. The summed E-state index contributed by atoms with van der Waals surface area (Å²) in [7, 11) is 0. The fourth-order valence-corrected chi connectivity index (χ4v) is 4.99. The smallest absolute Gasteiger partial charge is 0.128 e. The Kier molecular flexibility index (Phi) is 4.47. The van der Waals surface area contributed by atoms with E-state index in [-0.39, 0.29) is 11.1 Å². The van der Waals surface area contributed by atoms with Crippen molar-refractivity contribution in [2.75, 3.05) is 0 Å². The van der Waals surface area contributed by atoms with Crippen LogP contribution in [0, 0.1) is 18.6 Å². The van der Waals surface area contributed by atoms with Crippen LogP contribution < -0.4 is 0 Å². The molecule has 2 aromatic rings. The molecule has 0 saturated carbocycles. The number of hydrogen-bond acceptors (Lipinski definition) is 1. The molecular weight excluding hydrogens is 409 g/mol. The van der Waals surface area contributed by atoms with Crippen LogP contribution in [-0.4, -0.2) is 0 Å². The molecule has 0 radical (unpaired) electrons. The highest BCUT2D eigenvalue weighted by molar-refractivity contribution is 9.12. The molecule has 0 aliphatic rings. The molecule has 0 spiro atoms. The molecule has 0 amide bonds. The Morgan fingerprint density at radius 2 is 1.78 bits per heavy atom. The molecule has 1 unspecified atom stereocenters. The summed E-state index contributed by atoms with van der Waals surface area (Å²) in [4.78, 5) is 0. The van der Waals surface area contributed by atoms with Gasteiger partial charge in [-0.3, -0.25) is 0 Å². The van der Waals surface area contributed by atoms with Crippen LogP contribution in [0.3, 0.4) is 0 Å². The molecule has 1 heterocycles. The maximum absolute atomic E-state index is 13.8. The Labute approximate surface area is 129 Å². The molecule has 0 N–H and O–H groups in total. The van der Waals surface area contributed by atoms with E-state index < -0.39 is 17.0 Å². The molecule has 18 heavy (non-hydrogen) atoms. The highest BCUT2D eigenvalue weighted by Crippen LogP contribution is 2.41. The Balaban J connectivity index is 2.49. The van der Waals surface area contributed by atoms with E-state index in [0.717, 1.165) is 25.3 Å². The van der Waals surface area contributed by atoms with Crippen molar-refractivity contribution >= 4 is 54.8 Å². The second-order valence-electron chi connectivity index (χ2n) is 3.77. The first-order valence-electron chi connectivity index (χ1n) is 4.94. The van der Waals surface area contributed by atoms with E-state index >= 15 is 0 Å². The molecule has 0 saturated heterocycles. The van der Waals surface area contributed by atoms with E-state index in [2.05, 4.69) is 31.9 Å². The Bertz CT molecular complexity index is 598. The zero-order valence-corrected chi connectivity index (χ0v) is 13.9. The van der Waals surface area contributed by atoms with Crippen LogP contribution in [-0.2, 0) is 0 Å². The average Bonchev–Trinajstić information content (AvgIpc) is 2.62. The Hall–Kier alpha value is 0.0300. The standard InChI is InChI=1S/C12H7Br2ClF2S/c1-5-2-9(17)6(3-8(5)16)11(15)7-4-10(13)18-12(7)14/h2-4,11H,1H3. The largest absolute Gasteiger partial charge is 0.207 e. The predicted octanol–water partition coefficient (Wildman–Crippen LogP) is 6.19. The van der Waals surface area contributed by atoms with Crippen LogP contribution in [0.25, 0.3) is 0 Å². The van der Waals surface area contributed by atoms with Gasteiger partial charge < -0.3 is 0 Å². The summed E-state index contributed by atoms with van der Waals surface area (Å²) in [5.74, 6) is -0.953. The molecule has 1 atom stereocenters. The summed E-state index contributed by atoms with van der Waals surface area (Å²) < 4.78 is 29.0. The topological polar surface area (TPSA) is 0 Å². The van der Waals surface area contributed by atoms with Gasteiger partial charge in [0.2, 0.25) is 0 Å². The Morgan fingerprint density at radius 1 is 1.11 bits per heavy atom. The first-order valence-corrected chi connectivity index (χ1v) is 7.78. The molecule has 2 rings (SSSR count). The van der Waals surface area contributed by atoms with Crippen molar-refractivity contribution in [1.29, 1.82) is 0 Å². The number of aryl methyl sites for hydroxylation is 1. The van der Waals surface area contributed by atoms with Gasteiger partial charge in [0.05, 0.1) is 12.9 Å². The lowest BCUT2D eigenvalue weighted by atomic mass is 10.0. The lowest BCUT2D eigenvalue weighted by molar-refractivity contribution is 0.580. The lowest BCUT2D eigenvalue weighted by Gasteiger charge is -2.11. The summed E-state index contributed by atoms with van der Waals surface area (Å²) in [6, 6.07) is 4.11. The van der Waals surface area contributed by atoms with E-state index in [1.165, 1.54) is 18.3 Å². The molecular formula is C12H7Br2ClF2S. The maximum Gasteiger partial charge on any atom is 0.128 e. The van der Waals surface area contributed by atoms with Crippen LogP contribution in [0.1, 0.15) is 22.1 Å². The van der Waals surface area contributed by atoms with Gasteiger partial charge in [-0.1, -0.05) is 0 Å². The highest BCUT2D eigenvalue weighted by atomic mass is 79.9. The third kappa shape index (κ3) is 2.79. The van der Waals surface area contributed by atoms with Gasteiger partial charge in [-0.15, -0.1) is 22.9 Å². The summed E-state index contributed by atoms with van der Waals surface area (Å²) in [6.07, 6.45) is 0. The second-order valence-corrected chi connectivity index (χ2v) is 7.95. The van der Waals surface area contributed by atoms with Crippen molar-refractivity contribution in [3.63, 3.8) is 0 Å². The van der Waals surface area contributed by atoms with Gasteiger partial charge in [0.1, 0.15) is 11.6 Å². The van der Waals surface area contributed by atoms with Gasteiger partial charge in [0, 0.05) is 11.1 Å². The van der Waals surface area contributed by atoms with Crippen molar-refractivity contribution in [1.82, 2.24) is 0 Å². The van der Waals surface area contributed by atoms with Gasteiger partial charge in [-0.05, 0) is 62.5 Å². The van der Waals surface area contributed by atoms with Crippen LogP contribution in [0.4, 0.5) is 8.78 Å². The fourth-order valence-electron chi connectivity index (χ4n) is 1.55. The minimum atomic E-state index is -0.725. The van der Waals surface area contributed by atoms with E-state index in [1.54, 1.807) is 6.07 Å². The van der Waals surface area contributed by atoms with Crippen molar-refractivity contribution in [3.8, 4) is 0 Å². The zero-order chi connectivity index (χ0) is 13.4. The van der Waals surface area contributed by atoms with Crippen molar-refractivity contribution in [2.45, 2.75) is 12.3 Å². The summed E-state index contributed by atoms with van der Waals surface area (Å²) in [6.45, 7) is 1.52. The normalized spacial score (nSPS) is 12.8. The van der Waals surface area contributed by atoms with Crippen LogP contribution in [0.5, 0.6) is 0 Å². The predicted molar refractivity (Wildman–Crippen MR) is 78.5 cm³/mol. The average molecular weight is 417 g/mol. The van der Waals surface area contributed by atoms with E-state index in [9.17, 15) is 8.78 Å². The molecule has 6 heteroatoms. The van der Waals surface area contributed by atoms with E-state index in [1.807, 2.05) is 0 Å². The fraction of sp³-hybridized carbons (Fsp3) is 0.167. The third-order valence-corrected chi connectivity index (χ3v) is 5.36. The number of alkyl halides is 1. The monoisotopic (exact) mass is 414 g/mol. The molecule has 1 aromatic carbocycles. The van der Waals surface area contributed by atoms with Crippen molar-refractivity contribution in [2.24, 2.45) is 0 Å². The second kappa shape index (κ2) is 5.57. The number of rotatable bonds is 2. The van der Waals surface area contributed by atoms with Crippen molar-refractivity contribution in [3.05, 3.63) is 54.1 Å².